The molecule has 1 fully saturated rings. The Morgan fingerprint density at radius 2 is 2.33 bits per heavy atom. The van der Waals surface area contributed by atoms with E-state index in [0.717, 1.165) is 29.9 Å². The molecule has 1 aliphatic heterocycles. The molecule has 2 aromatic rings. The second-order valence-corrected chi connectivity index (χ2v) is 4.77. The Labute approximate surface area is 106 Å². The van der Waals surface area contributed by atoms with E-state index in [1.807, 2.05) is 19.2 Å². The van der Waals surface area contributed by atoms with E-state index >= 15 is 0 Å². The van der Waals surface area contributed by atoms with Crippen LogP contribution in [-0.4, -0.2) is 16.1 Å². The Morgan fingerprint density at radius 3 is 3.06 bits per heavy atom. The summed E-state index contributed by atoms with van der Waals surface area (Å²) in [7, 11) is 0. The largest absolute Gasteiger partial charge is 0.309 e. The summed E-state index contributed by atoms with van der Waals surface area (Å²) in [5.74, 6) is -0.197. The fourth-order valence-electron chi connectivity index (χ4n) is 2.59. The van der Waals surface area contributed by atoms with Crippen molar-refractivity contribution in [3.8, 4) is 5.69 Å². The van der Waals surface area contributed by atoms with Crippen molar-refractivity contribution in [1.82, 2.24) is 14.9 Å². The van der Waals surface area contributed by atoms with E-state index in [2.05, 4.69) is 14.9 Å². The van der Waals surface area contributed by atoms with Gasteiger partial charge in [0.15, 0.2) is 0 Å². The maximum atomic E-state index is 13.2. The van der Waals surface area contributed by atoms with Crippen LogP contribution >= 0.6 is 0 Å². The van der Waals surface area contributed by atoms with Gasteiger partial charge in [-0.2, -0.15) is 0 Å². The Balaban J connectivity index is 2.03. The zero-order valence-corrected chi connectivity index (χ0v) is 10.4. The molecule has 1 unspecified atom stereocenters. The van der Waals surface area contributed by atoms with Crippen molar-refractivity contribution in [1.29, 1.82) is 0 Å². The first-order valence-corrected chi connectivity index (χ1v) is 6.28. The molecule has 1 atom stereocenters. The second kappa shape index (κ2) is 4.53. The third-order valence-electron chi connectivity index (χ3n) is 3.50. The van der Waals surface area contributed by atoms with Gasteiger partial charge in [-0.05, 0) is 50.1 Å². The van der Waals surface area contributed by atoms with E-state index in [1.54, 1.807) is 12.4 Å². The molecule has 3 rings (SSSR count). The molecule has 1 aromatic heterocycles. The zero-order valence-electron chi connectivity index (χ0n) is 10.4. The van der Waals surface area contributed by atoms with E-state index in [0.29, 0.717) is 6.04 Å². The van der Waals surface area contributed by atoms with Gasteiger partial charge in [0.2, 0.25) is 0 Å². The molecule has 0 radical (unpaired) electrons. The Hall–Kier alpha value is -1.68. The maximum Gasteiger partial charge on any atom is 0.123 e. The van der Waals surface area contributed by atoms with Crippen molar-refractivity contribution >= 4 is 0 Å². The van der Waals surface area contributed by atoms with Crippen molar-refractivity contribution in [3.63, 3.8) is 0 Å². The maximum absolute atomic E-state index is 13.2. The van der Waals surface area contributed by atoms with E-state index in [9.17, 15) is 4.39 Å². The Morgan fingerprint density at radius 1 is 1.44 bits per heavy atom. The number of hydrogen-bond donors (Lipinski definition) is 1. The average molecular weight is 245 g/mol. The molecule has 4 heteroatoms. The molecule has 1 aromatic carbocycles. The standard InChI is InChI=1S/C14H16FN3/c1-10-7-11(15)4-5-13(10)18-9-16-8-14(18)12-3-2-6-17-12/h4-5,7-9,12,17H,2-3,6H2,1H3. The smallest absolute Gasteiger partial charge is 0.123 e. The van der Waals surface area contributed by atoms with Gasteiger partial charge in [-0.1, -0.05) is 0 Å². The number of benzene rings is 1. The number of nitrogens with one attached hydrogen (secondary N) is 1. The summed E-state index contributed by atoms with van der Waals surface area (Å²) in [4.78, 5) is 4.24. The van der Waals surface area contributed by atoms with Gasteiger partial charge in [-0.25, -0.2) is 9.37 Å². The third-order valence-corrected chi connectivity index (χ3v) is 3.50. The van der Waals surface area contributed by atoms with E-state index in [-0.39, 0.29) is 5.82 Å². The molecule has 94 valence electrons. The molecule has 2 heterocycles. The third kappa shape index (κ3) is 1.93. The molecular formula is C14H16FN3. The second-order valence-electron chi connectivity index (χ2n) is 4.77. The lowest BCUT2D eigenvalue weighted by molar-refractivity contribution is 0.611. The van der Waals surface area contributed by atoms with Crippen molar-refractivity contribution < 1.29 is 4.39 Å². The Bertz CT molecular complexity index is 556. The fourth-order valence-corrected chi connectivity index (χ4v) is 2.59. The molecule has 1 N–H and O–H groups in total. The van der Waals surface area contributed by atoms with Gasteiger partial charge in [0, 0.05) is 11.7 Å². The van der Waals surface area contributed by atoms with Crippen LogP contribution in [0.1, 0.15) is 30.1 Å². The van der Waals surface area contributed by atoms with E-state index < -0.39 is 0 Å². The van der Waals surface area contributed by atoms with Crippen molar-refractivity contribution in [2.75, 3.05) is 6.54 Å². The first kappa shape index (κ1) is 11.4. The summed E-state index contributed by atoms with van der Waals surface area (Å²) < 4.78 is 15.2. The molecule has 0 saturated carbocycles. The lowest BCUT2D eigenvalue weighted by atomic mass is 10.1. The van der Waals surface area contributed by atoms with Crippen LogP contribution in [0.4, 0.5) is 4.39 Å². The Kier molecular flexibility index (Phi) is 2.88. The topological polar surface area (TPSA) is 29.9 Å². The minimum atomic E-state index is -0.197. The number of halogens is 1. The predicted molar refractivity (Wildman–Crippen MR) is 68.2 cm³/mol. The number of aromatic nitrogens is 2. The first-order chi connectivity index (χ1) is 8.75. The van der Waals surface area contributed by atoms with Gasteiger partial charge in [-0.3, -0.25) is 0 Å². The van der Waals surface area contributed by atoms with Crippen LogP contribution in [0.2, 0.25) is 0 Å². The number of aryl methyl sites for hydroxylation is 1. The molecule has 18 heavy (non-hydrogen) atoms. The minimum absolute atomic E-state index is 0.197. The number of nitrogens with zero attached hydrogens (tertiary/aromatic N) is 2. The van der Waals surface area contributed by atoms with Gasteiger partial charge in [0.05, 0.1) is 18.2 Å². The molecular weight excluding hydrogens is 229 g/mol. The lowest BCUT2D eigenvalue weighted by Crippen LogP contribution is -2.16. The van der Waals surface area contributed by atoms with Gasteiger partial charge in [-0.15, -0.1) is 0 Å². The van der Waals surface area contributed by atoms with Crippen LogP contribution in [0, 0.1) is 12.7 Å². The number of rotatable bonds is 2. The highest BCUT2D eigenvalue weighted by Crippen LogP contribution is 2.26. The molecule has 0 bridgehead atoms. The van der Waals surface area contributed by atoms with E-state index in [1.165, 1.54) is 12.5 Å². The highest BCUT2D eigenvalue weighted by atomic mass is 19.1. The van der Waals surface area contributed by atoms with Crippen LogP contribution in [0.5, 0.6) is 0 Å². The summed E-state index contributed by atoms with van der Waals surface area (Å²) in [6.45, 7) is 2.97. The number of hydrogen-bond acceptors (Lipinski definition) is 2. The number of imidazole rings is 1. The van der Waals surface area contributed by atoms with Crippen molar-refractivity contribution in [3.05, 3.63) is 47.8 Å². The normalized spacial score (nSPS) is 19.3. The van der Waals surface area contributed by atoms with Gasteiger partial charge in [0.1, 0.15) is 5.82 Å². The van der Waals surface area contributed by atoms with E-state index in [4.69, 9.17) is 0 Å². The average Bonchev–Trinajstić information content (AvgIpc) is 2.98. The summed E-state index contributed by atoms with van der Waals surface area (Å²) in [5.41, 5.74) is 3.08. The van der Waals surface area contributed by atoms with Crippen LogP contribution in [-0.2, 0) is 0 Å². The first-order valence-electron chi connectivity index (χ1n) is 6.28. The van der Waals surface area contributed by atoms with Crippen LogP contribution in [0.3, 0.4) is 0 Å². The monoisotopic (exact) mass is 245 g/mol. The summed E-state index contributed by atoms with van der Waals surface area (Å²) in [6, 6.07) is 5.22. The molecule has 0 aliphatic carbocycles. The highest BCUT2D eigenvalue weighted by Gasteiger charge is 2.20. The fraction of sp³-hybridized carbons (Fsp3) is 0.357. The molecule has 0 spiro atoms. The van der Waals surface area contributed by atoms with Gasteiger partial charge >= 0.3 is 0 Å². The lowest BCUT2D eigenvalue weighted by Gasteiger charge is -2.15. The summed E-state index contributed by atoms with van der Waals surface area (Å²) in [5, 5.41) is 3.47. The summed E-state index contributed by atoms with van der Waals surface area (Å²) >= 11 is 0. The molecule has 0 amide bonds. The highest BCUT2D eigenvalue weighted by molar-refractivity contribution is 5.42. The quantitative estimate of drug-likeness (QED) is 0.881. The van der Waals surface area contributed by atoms with Crippen LogP contribution in [0.15, 0.2) is 30.7 Å². The molecule has 1 aliphatic rings. The summed E-state index contributed by atoms with van der Waals surface area (Å²) in [6.07, 6.45) is 6.02. The van der Waals surface area contributed by atoms with Crippen LogP contribution in [0.25, 0.3) is 5.69 Å². The SMILES string of the molecule is Cc1cc(F)ccc1-n1cncc1C1CCCN1. The minimum Gasteiger partial charge on any atom is -0.309 e. The van der Waals surface area contributed by atoms with Gasteiger partial charge < -0.3 is 9.88 Å². The molecule has 1 saturated heterocycles. The van der Waals surface area contributed by atoms with Crippen molar-refractivity contribution in [2.24, 2.45) is 0 Å². The predicted octanol–water partition coefficient (Wildman–Crippen LogP) is 2.74. The molecule has 3 nitrogen and oxygen atoms in total. The van der Waals surface area contributed by atoms with Gasteiger partial charge in [0.25, 0.3) is 0 Å². The van der Waals surface area contributed by atoms with Crippen LogP contribution < -0.4 is 5.32 Å². The van der Waals surface area contributed by atoms with Crippen molar-refractivity contribution in [2.45, 2.75) is 25.8 Å². The zero-order chi connectivity index (χ0) is 12.5.